The van der Waals surface area contributed by atoms with Crippen LogP contribution in [0.2, 0.25) is 0 Å². The third-order valence-corrected chi connectivity index (χ3v) is 7.88. The van der Waals surface area contributed by atoms with Gasteiger partial charge in [0, 0.05) is 35.1 Å². The monoisotopic (exact) mass is 458 g/mol. The minimum Gasteiger partial charge on any atom is -0.264 e. The van der Waals surface area contributed by atoms with Crippen molar-refractivity contribution in [3.63, 3.8) is 0 Å². The van der Waals surface area contributed by atoms with Crippen LogP contribution in [0.25, 0.3) is 76.6 Å². The van der Waals surface area contributed by atoms with E-state index in [1.54, 1.807) is 0 Å². The number of pyridine rings is 2. The van der Waals surface area contributed by atoms with Crippen LogP contribution in [0.5, 0.6) is 0 Å². The van der Waals surface area contributed by atoms with E-state index in [0.717, 1.165) is 11.1 Å². The van der Waals surface area contributed by atoms with Gasteiger partial charge in [-0.15, -0.1) is 0 Å². The van der Waals surface area contributed by atoms with Crippen LogP contribution >= 0.6 is 0 Å². The van der Waals surface area contributed by atoms with Gasteiger partial charge < -0.3 is 0 Å². The van der Waals surface area contributed by atoms with E-state index < -0.39 is 0 Å². The first-order valence-electron chi connectivity index (χ1n) is 12.4. The number of aryl methyl sites for hydroxylation is 2. The summed E-state index contributed by atoms with van der Waals surface area (Å²) in [5.74, 6) is 0. The van der Waals surface area contributed by atoms with E-state index in [-0.39, 0.29) is 0 Å². The second kappa shape index (κ2) is 6.99. The van der Waals surface area contributed by atoms with E-state index in [4.69, 9.17) is 4.98 Å². The minimum absolute atomic E-state index is 1.10. The molecule has 1 aliphatic carbocycles. The van der Waals surface area contributed by atoms with E-state index in [9.17, 15) is 0 Å². The van der Waals surface area contributed by atoms with Crippen LogP contribution in [0.1, 0.15) is 11.1 Å². The summed E-state index contributed by atoms with van der Waals surface area (Å²) >= 11 is 0. The predicted molar refractivity (Wildman–Crippen MR) is 151 cm³/mol. The maximum atomic E-state index is 4.83. The zero-order valence-corrected chi connectivity index (χ0v) is 20.1. The van der Waals surface area contributed by atoms with Crippen molar-refractivity contribution in [3.05, 3.63) is 109 Å². The lowest BCUT2D eigenvalue weighted by Crippen LogP contribution is -1.89. The van der Waals surface area contributed by atoms with Crippen LogP contribution in [0.15, 0.2) is 97.5 Å². The van der Waals surface area contributed by atoms with Gasteiger partial charge in [-0.3, -0.25) is 9.97 Å². The van der Waals surface area contributed by atoms with Gasteiger partial charge in [0.1, 0.15) is 0 Å². The summed E-state index contributed by atoms with van der Waals surface area (Å²) in [5, 5.41) is 10.1. The first-order chi connectivity index (χ1) is 17.7. The smallest absolute Gasteiger partial charge is 0.0787 e. The Morgan fingerprint density at radius 3 is 2.39 bits per heavy atom. The number of hydrogen-bond acceptors (Lipinski definition) is 2. The molecule has 0 atom stereocenters. The normalized spacial score (nSPS) is 12.2. The Bertz CT molecular complexity index is 2070. The Morgan fingerprint density at radius 1 is 0.583 bits per heavy atom. The summed E-state index contributed by atoms with van der Waals surface area (Å²) < 4.78 is 0. The molecule has 168 valence electrons. The molecule has 0 unspecified atom stereocenters. The van der Waals surface area contributed by atoms with Crippen LogP contribution < -0.4 is 0 Å². The maximum Gasteiger partial charge on any atom is 0.0787 e. The summed E-state index contributed by atoms with van der Waals surface area (Å²) in [7, 11) is 0. The molecule has 0 amide bonds. The van der Waals surface area contributed by atoms with Gasteiger partial charge >= 0.3 is 0 Å². The van der Waals surface area contributed by atoms with Crippen molar-refractivity contribution < 1.29 is 0 Å². The number of aromatic nitrogens is 2. The van der Waals surface area contributed by atoms with E-state index in [2.05, 4.69) is 91.6 Å². The average Bonchev–Trinajstić information content (AvgIpc) is 3.25. The summed E-state index contributed by atoms with van der Waals surface area (Å²) in [6, 6.07) is 29.3. The van der Waals surface area contributed by atoms with Gasteiger partial charge in [-0.1, -0.05) is 54.1 Å². The molecule has 0 fully saturated rings. The molecule has 0 radical (unpaired) electrons. The Labute approximate surface area is 208 Å². The lowest BCUT2D eigenvalue weighted by atomic mass is 9.88. The third kappa shape index (κ3) is 2.56. The largest absolute Gasteiger partial charge is 0.264 e. The lowest BCUT2D eigenvalue weighted by molar-refractivity contribution is 1.34. The van der Waals surface area contributed by atoms with Crippen molar-refractivity contribution in [1.82, 2.24) is 9.97 Å². The van der Waals surface area contributed by atoms with Gasteiger partial charge in [-0.25, -0.2) is 0 Å². The van der Waals surface area contributed by atoms with E-state index >= 15 is 0 Å². The number of rotatable bonds is 1. The first-order valence-corrected chi connectivity index (χ1v) is 12.4. The average molecular weight is 459 g/mol. The van der Waals surface area contributed by atoms with E-state index in [1.165, 1.54) is 76.6 Å². The molecule has 2 nitrogen and oxygen atoms in total. The van der Waals surface area contributed by atoms with Crippen molar-refractivity contribution in [2.45, 2.75) is 13.8 Å². The highest BCUT2D eigenvalue weighted by Gasteiger charge is 2.26. The first kappa shape index (κ1) is 19.7. The lowest BCUT2D eigenvalue weighted by Gasteiger charge is -2.16. The maximum absolute atomic E-state index is 4.83. The standard InChI is InChI=1S/C34H22N2/c1-19-5-9-24-28(14-19)27(22-8-7-21-11-13-35-18-23(21)15-22)16-30-25-10-6-20(2)32-26-4-3-12-36-34(26)31(33(25)32)17-29(24)30/h3-18H,1-2H3. The van der Waals surface area contributed by atoms with Crippen LogP contribution in [-0.4, -0.2) is 9.97 Å². The van der Waals surface area contributed by atoms with Crippen LogP contribution in [0.3, 0.4) is 0 Å². The second-order valence-electron chi connectivity index (χ2n) is 10.0. The van der Waals surface area contributed by atoms with Crippen molar-refractivity contribution >= 4 is 43.1 Å². The number of hydrogen-bond donors (Lipinski definition) is 0. The summed E-state index contributed by atoms with van der Waals surface area (Å²) in [4.78, 5) is 9.19. The molecule has 0 saturated heterocycles. The molecular weight excluding hydrogens is 436 g/mol. The van der Waals surface area contributed by atoms with Gasteiger partial charge in [0.2, 0.25) is 0 Å². The molecule has 36 heavy (non-hydrogen) atoms. The highest BCUT2D eigenvalue weighted by molar-refractivity contribution is 6.28. The minimum atomic E-state index is 1.10. The Morgan fingerprint density at radius 2 is 1.44 bits per heavy atom. The van der Waals surface area contributed by atoms with Gasteiger partial charge in [0.25, 0.3) is 0 Å². The molecule has 2 aromatic heterocycles. The van der Waals surface area contributed by atoms with Crippen LogP contribution in [0.4, 0.5) is 0 Å². The number of benzene rings is 5. The molecule has 2 heteroatoms. The molecule has 5 aromatic carbocycles. The fraction of sp³-hybridized carbons (Fsp3) is 0.0588. The van der Waals surface area contributed by atoms with Crippen molar-refractivity contribution in [1.29, 1.82) is 0 Å². The van der Waals surface area contributed by atoms with Gasteiger partial charge in [0.05, 0.1) is 5.69 Å². The topological polar surface area (TPSA) is 25.8 Å². The fourth-order valence-corrected chi connectivity index (χ4v) is 6.21. The molecule has 7 aromatic rings. The molecule has 2 heterocycles. The zero-order chi connectivity index (χ0) is 24.0. The van der Waals surface area contributed by atoms with Gasteiger partial charge in [-0.2, -0.15) is 0 Å². The molecule has 0 bridgehead atoms. The molecular formula is C34H22N2. The second-order valence-corrected chi connectivity index (χ2v) is 10.0. The Hall–Kier alpha value is -4.56. The highest BCUT2D eigenvalue weighted by Crippen LogP contribution is 2.51. The van der Waals surface area contributed by atoms with Gasteiger partial charge in [0.15, 0.2) is 0 Å². The zero-order valence-electron chi connectivity index (χ0n) is 20.1. The number of nitrogens with zero attached hydrogens (tertiary/aromatic N) is 2. The molecule has 0 spiro atoms. The van der Waals surface area contributed by atoms with Crippen LogP contribution in [-0.2, 0) is 0 Å². The Kier molecular flexibility index (Phi) is 3.83. The highest BCUT2D eigenvalue weighted by atomic mass is 14.7. The molecule has 8 rings (SSSR count). The fourth-order valence-electron chi connectivity index (χ4n) is 6.21. The molecule has 0 saturated carbocycles. The van der Waals surface area contributed by atoms with E-state index in [1.807, 2.05) is 24.7 Å². The third-order valence-electron chi connectivity index (χ3n) is 7.88. The molecule has 0 N–H and O–H groups in total. The van der Waals surface area contributed by atoms with Crippen molar-refractivity contribution in [2.75, 3.05) is 0 Å². The van der Waals surface area contributed by atoms with E-state index in [0.29, 0.717) is 0 Å². The molecule has 1 aliphatic rings. The SMILES string of the molecule is Cc1ccc2c(c1)c(-c1ccc3ccncc3c1)cc1c3ccc(C)c4c3c(cc21)-c1ncccc1-4. The predicted octanol–water partition coefficient (Wildman–Crippen LogP) is 9.02. The van der Waals surface area contributed by atoms with Crippen LogP contribution in [0, 0.1) is 13.8 Å². The summed E-state index contributed by atoms with van der Waals surface area (Å²) in [6.07, 6.45) is 5.72. The number of fused-ring (bicyclic) bond motifs is 8. The summed E-state index contributed by atoms with van der Waals surface area (Å²) in [6.45, 7) is 4.38. The van der Waals surface area contributed by atoms with Crippen molar-refractivity contribution in [2.24, 2.45) is 0 Å². The Balaban J connectivity index is 1.56. The quantitative estimate of drug-likeness (QED) is 0.229. The van der Waals surface area contributed by atoms with Gasteiger partial charge in [-0.05, 0) is 104 Å². The van der Waals surface area contributed by atoms with Crippen molar-refractivity contribution in [3.8, 4) is 33.5 Å². The molecule has 0 aliphatic heterocycles. The summed E-state index contributed by atoms with van der Waals surface area (Å²) in [5.41, 5.74) is 9.96.